The molecule has 1 aliphatic heterocycles. The van der Waals surface area contributed by atoms with Gasteiger partial charge in [-0.15, -0.1) is 0 Å². The highest BCUT2D eigenvalue weighted by Crippen LogP contribution is 2.27. The first kappa shape index (κ1) is 20.4. The molecular formula is C22H24N2O5S. The summed E-state index contributed by atoms with van der Waals surface area (Å²) >= 11 is 0. The minimum atomic E-state index is -3.33. The number of fused-ring (bicyclic) bond motifs is 1. The molecule has 4 rings (SSSR count). The number of benzene rings is 2. The van der Waals surface area contributed by atoms with Crippen LogP contribution >= 0.6 is 0 Å². The average Bonchev–Trinajstić information content (AvgIpc) is 3.10. The molecule has 0 radical (unpaired) electrons. The van der Waals surface area contributed by atoms with Crippen LogP contribution in [0.15, 0.2) is 52.9 Å². The van der Waals surface area contributed by atoms with E-state index in [1.807, 2.05) is 24.3 Å². The van der Waals surface area contributed by atoms with Crippen molar-refractivity contribution in [3.63, 3.8) is 0 Å². The lowest BCUT2D eigenvalue weighted by atomic mass is 10.1. The highest BCUT2D eigenvalue weighted by molar-refractivity contribution is 7.89. The summed E-state index contributed by atoms with van der Waals surface area (Å²) in [6.07, 6.45) is 1.15. The van der Waals surface area contributed by atoms with E-state index in [2.05, 4.69) is 10.2 Å². The Morgan fingerprint density at radius 3 is 2.47 bits per heavy atom. The second-order valence-corrected chi connectivity index (χ2v) is 9.56. The number of furan rings is 1. The molecule has 1 aromatic heterocycles. The van der Waals surface area contributed by atoms with Crippen molar-refractivity contribution in [3.05, 3.63) is 65.4 Å². The highest BCUT2D eigenvalue weighted by Gasteiger charge is 2.23. The molecule has 7 nitrogen and oxygen atoms in total. The Kier molecular flexibility index (Phi) is 5.78. The van der Waals surface area contributed by atoms with Crippen LogP contribution in [0.1, 0.15) is 21.7 Å². The number of amides is 1. The summed E-state index contributed by atoms with van der Waals surface area (Å²) < 4.78 is 34.8. The third-order valence-electron chi connectivity index (χ3n) is 5.08. The van der Waals surface area contributed by atoms with Crippen molar-refractivity contribution in [2.24, 2.45) is 0 Å². The Morgan fingerprint density at radius 2 is 1.77 bits per heavy atom. The zero-order chi connectivity index (χ0) is 21.1. The number of nitrogens with one attached hydrogen (secondary N) is 1. The lowest BCUT2D eigenvalue weighted by molar-refractivity contribution is 0.0924. The standard InChI is InChI=1S/C22H24N2O5S/c1-30(26,27)15-19-18-4-2-3-5-20(18)29-21(19)22(25)23-14-16-6-8-17(9-7-16)24-10-12-28-13-11-24/h2-9H,10-15H2,1H3,(H,23,25). The second-order valence-electron chi connectivity index (χ2n) is 7.42. The third kappa shape index (κ3) is 4.66. The molecule has 0 unspecified atom stereocenters. The van der Waals surface area contributed by atoms with E-state index in [-0.39, 0.29) is 11.5 Å². The number of hydrogen-bond acceptors (Lipinski definition) is 6. The van der Waals surface area contributed by atoms with Crippen molar-refractivity contribution in [1.82, 2.24) is 5.32 Å². The number of ether oxygens (including phenoxy) is 1. The van der Waals surface area contributed by atoms with Crippen LogP contribution in [0, 0.1) is 0 Å². The van der Waals surface area contributed by atoms with E-state index in [0.29, 0.717) is 23.1 Å². The van der Waals surface area contributed by atoms with Crippen LogP contribution < -0.4 is 10.2 Å². The number of sulfone groups is 1. The fourth-order valence-electron chi connectivity index (χ4n) is 3.60. The first-order valence-corrected chi connectivity index (χ1v) is 11.8. The molecule has 1 fully saturated rings. The Balaban J connectivity index is 1.49. The first-order valence-electron chi connectivity index (χ1n) is 9.79. The van der Waals surface area contributed by atoms with Gasteiger partial charge in [0.2, 0.25) is 0 Å². The van der Waals surface area contributed by atoms with Crippen LogP contribution in [0.5, 0.6) is 0 Å². The molecule has 8 heteroatoms. The highest BCUT2D eigenvalue weighted by atomic mass is 32.2. The molecule has 0 spiro atoms. The van der Waals surface area contributed by atoms with Gasteiger partial charge in [0.1, 0.15) is 5.58 Å². The van der Waals surface area contributed by atoms with E-state index < -0.39 is 15.7 Å². The maximum atomic E-state index is 12.8. The fourth-order valence-corrected chi connectivity index (χ4v) is 4.41. The third-order valence-corrected chi connectivity index (χ3v) is 5.89. The molecule has 2 heterocycles. The van der Waals surface area contributed by atoms with Gasteiger partial charge in [-0.3, -0.25) is 4.79 Å². The molecule has 0 aliphatic carbocycles. The molecule has 2 aromatic carbocycles. The summed E-state index contributed by atoms with van der Waals surface area (Å²) in [5, 5.41) is 3.48. The number of carbonyl (C=O) groups is 1. The Morgan fingerprint density at radius 1 is 1.07 bits per heavy atom. The lowest BCUT2D eigenvalue weighted by Gasteiger charge is -2.28. The summed E-state index contributed by atoms with van der Waals surface area (Å²) in [4.78, 5) is 15.0. The summed E-state index contributed by atoms with van der Waals surface area (Å²) in [7, 11) is -3.33. The summed E-state index contributed by atoms with van der Waals surface area (Å²) in [5.41, 5.74) is 2.96. The van der Waals surface area contributed by atoms with E-state index in [9.17, 15) is 13.2 Å². The summed E-state index contributed by atoms with van der Waals surface area (Å²) in [6, 6.07) is 15.1. The normalized spacial score (nSPS) is 14.8. The first-order chi connectivity index (χ1) is 14.4. The van der Waals surface area contributed by atoms with E-state index in [1.165, 1.54) is 0 Å². The van der Waals surface area contributed by atoms with Crippen molar-refractivity contribution in [2.75, 3.05) is 37.5 Å². The molecule has 30 heavy (non-hydrogen) atoms. The quantitative estimate of drug-likeness (QED) is 0.650. The number of morpholine rings is 1. The van der Waals surface area contributed by atoms with Gasteiger partial charge in [-0.05, 0) is 23.8 Å². The smallest absolute Gasteiger partial charge is 0.287 e. The van der Waals surface area contributed by atoms with Gasteiger partial charge in [0.15, 0.2) is 15.6 Å². The second kappa shape index (κ2) is 8.49. The number of carbonyl (C=O) groups excluding carboxylic acids is 1. The largest absolute Gasteiger partial charge is 0.451 e. The van der Waals surface area contributed by atoms with Gasteiger partial charge in [0.25, 0.3) is 5.91 Å². The van der Waals surface area contributed by atoms with Crippen molar-refractivity contribution in [3.8, 4) is 0 Å². The molecule has 0 saturated carbocycles. The molecule has 1 N–H and O–H groups in total. The Labute approximate surface area is 175 Å². The van der Waals surface area contributed by atoms with Gasteiger partial charge >= 0.3 is 0 Å². The predicted molar refractivity (Wildman–Crippen MR) is 115 cm³/mol. The molecule has 1 aliphatic rings. The van der Waals surface area contributed by atoms with Crippen LogP contribution in [-0.2, 0) is 26.9 Å². The monoisotopic (exact) mass is 428 g/mol. The van der Waals surface area contributed by atoms with Crippen LogP contribution in [0.3, 0.4) is 0 Å². The summed E-state index contributed by atoms with van der Waals surface area (Å²) in [5.74, 6) is -0.630. The van der Waals surface area contributed by atoms with Crippen LogP contribution in [0.4, 0.5) is 5.69 Å². The lowest BCUT2D eigenvalue weighted by Crippen LogP contribution is -2.36. The van der Waals surface area contributed by atoms with Gasteiger partial charge in [0.05, 0.1) is 19.0 Å². The molecule has 1 saturated heterocycles. The van der Waals surface area contributed by atoms with E-state index in [1.54, 1.807) is 24.3 Å². The fraction of sp³-hybridized carbons (Fsp3) is 0.318. The van der Waals surface area contributed by atoms with Gasteiger partial charge < -0.3 is 19.4 Å². The van der Waals surface area contributed by atoms with Crippen LogP contribution in [0.2, 0.25) is 0 Å². The SMILES string of the molecule is CS(=O)(=O)Cc1c(C(=O)NCc2ccc(N3CCOCC3)cc2)oc2ccccc12. The van der Waals surface area contributed by atoms with Crippen LogP contribution in [0.25, 0.3) is 11.0 Å². The van der Waals surface area contributed by atoms with Crippen LogP contribution in [-0.4, -0.2) is 46.9 Å². The predicted octanol–water partition coefficient (Wildman–Crippen LogP) is 2.74. The van der Waals surface area contributed by atoms with E-state index in [0.717, 1.165) is 43.8 Å². The van der Waals surface area contributed by atoms with Gasteiger partial charge in [0, 0.05) is 42.5 Å². The number of anilines is 1. The number of hydrogen-bond donors (Lipinski definition) is 1. The maximum absolute atomic E-state index is 12.8. The Hall–Kier alpha value is -2.84. The van der Waals surface area contributed by atoms with Crippen molar-refractivity contribution in [2.45, 2.75) is 12.3 Å². The molecule has 3 aromatic rings. The summed E-state index contributed by atoms with van der Waals surface area (Å²) in [6.45, 7) is 3.50. The number of nitrogens with zero attached hydrogens (tertiary/aromatic N) is 1. The van der Waals surface area contributed by atoms with Gasteiger partial charge in [-0.2, -0.15) is 0 Å². The van der Waals surface area contributed by atoms with Crippen molar-refractivity contribution < 1.29 is 22.4 Å². The van der Waals surface area contributed by atoms with E-state index >= 15 is 0 Å². The molecule has 1 amide bonds. The van der Waals surface area contributed by atoms with Crippen molar-refractivity contribution >= 4 is 32.4 Å². The minimum absolute atomic E-state index is 0.0477. The molecule has 0 bridgehead atoms. The minimum Gasteiger partial charge on any atom is -0.451 e. The van der Waals surface area contributed by atoms with Gasteiger partial charge in [-0.25, -0.2) is 8.42 Å². The van der Waals surface area contributed by atoms with Gasteiger partial charge in [-0.1, -0.05) is 30.3 Å². The molecule has 158 valence electrons. The topological polar surface area (TPSA) is 88.9 Å². The Bertz CT molecular complexity index is 1150. The number of para-hydroxylation sites is 1. The molecule has 0 atom stereocenters. The zero-order valence-electron chi connectivity index (χ0n) is 16.8. The average molecular weight is 429 g/mol. The van der Waals surface area contributed by atoms with E-state index in [4.69, 9.17) is 9.15 Å². The maximum Gasteiger partial charge on any atom is 0.287 e. The molecular weight excluding hydrogens is 404 g/mol. The van der Waals surface area contributed by atoms with Crippen molar-refractivity contribution in [1.29, 1.82) is 0 Å². The zero-order valence-corrected chi connectivity index (χ0v) is 17.6. The number of rotatable bonds is 6.